The number of ketones is 1. The lowest BCUT2D eigenvalue weighted by Crippen LogP contribution is -2.53. The van der Waals surface area contributed by atoms with Crippen molar-refractivity contribution >= 4 is 50.1 Å². The summed E-state index contributed by atoms with van der Waals surface area (Å²) >= 11 is 1.66. The smallest absolute Gasteiger partial charge is 0.254 e. The third-order valence-electron chi connectivity index (χ3n) is 13.6. The molecular weight excluding hydrogens is 866 g/mol. The van der Waals surface area contributed by atoms with Crippen LogP contribution < -0.4 is 14.8 Å². The van der Waals surface area contributed by atoms with Crippen LogP contribution >= 0.6 is 11.3 Å². The number of piperazine rings is 1. The minimum atomic E-state index is -0.360. The second-order valence-corrected chi connectivity index (χ2v) is 18.7. The molecule has 0 radical (unpaired) electrons. The number of nitrogens with zero attached hydrogens (tertiary/aromatic N) is 6. The van der Waals surface area contributed by atoms with E-state index in [0.717, 1.165) is 73.3 Å². The summed E-state index contributed by atoms with van der Waals surface area (Å²) in [5.74, 6) is 1.50. The summed E-state index contributed by atoms with van der Waals surface area (Å²) in [6, 6.07) is 10.7. The van der Waals surface area contributed by atoms with Crippen LogP contribution in [-0.2, 0) is 32.2 Å². The summed E-state index contributed by atoms with van der Waals surface area (Å²) < 4.78 is 47.7. The molecule has 4 aromatic heterocycles. The van der Waals surface area contributed by atoms with E-state index in [1.807, 2.05) is 40.0 Å². The average Bonchev–Trinajstić information content (AvgIpc) is 4.08. The molecule has 2 saturated heterocycles. The fourth-order valence-corrected chi connectivity index (χ4v) is 10.4. The highest BCUT2D eigenvalue weighted by molar-refractivity contribution is 7.17. The number of nitrogens with one attached hydrogen (secondary N) is 1. The van der Waals surface area contributed by atoms with Gasteiger partial charge in [0, 0.05) is 81.4 Å². The predicted molar refractivity (Wildman–Crippen MR) is 250 cm³/mol. The number of likely N-dealkylation sites (tertiary alicyclic amines) is 1. The number of ether oxygens (including phenoxy) is 4. The van der Waals surface area contributed by atoms with Gasteiger partial charge in [-0.3, -0.25) is 24.3 Å². The number of carbonyl (C=O) groups excluding carboxylic acids is 3. The van der Waals surface area contributed by atoms with Crippen LogP contribution in [0.25, 0.3) is 21.1 Å². The van der Waals surface area contributed by atoms with Crippen LogP contribution in [0.3, 0.4) is 0 Å². The molecule has 6 heterocycles. The number of carbonyl (C=O) groups is 3. The maximum absolute atomic E-state index is 15.6. The highest BCUT2D eigenvalue weighted by Gasteiger charge is 2.37. The summed E-state index contributed by atoms with van der Waals surface area (Å²) in [6.45, 7) is 9.79. The summed E-state index contributed by atoms with van der Waals surface area (Å²) in [6.07, 6.45) is 9.34. The van der Waals surface area contributed by atoms with E-state index in [0.29, 0.717) is 100 Å². The van der Waals surface area contributed by atoms with Crippen molar-refractivity contribution in [1.29, 1.82) is 0 Å². The van der Waals surface area contributed by atoms with E-state index < -0.39 is 0 Å². The lowest BCUT2D eigenvalue weighted by atomic mass is 9.76. The number of rotatable bonds is 21. The molecule has 1 N–H and O–H groups in total. The zero-order chi connectivity index (χ0) is 46.0. The Labute approximate surface area is 389 Å². The molecule has 2 amide bonds. The molecule has 0 bridgehead atoms. The maximum atomic E-state index is 15.6. The van der Waals surface area contributed by atoms with Crippen LogP contribution in [0.5, 0.6) is 11.6 Å². The number of piperidine rings is 1. The van der Waals surface area contributed by atoms with Crippen molar-refractivity contribution in [1.82, 2.24) is 34.7 Å². The first-order valence-electron chi connectivity index (χ1n) is 23.7. The van der Waals surface area contributed by atoms with Crippen LogP contribution in [0.4, 0.5) is 4.39 Å². The zero-order valence-electron chi connectivity index (χ0n) is 38.5. The van der Waals surface area contributed by atoms with E-state index >= 15 is 4.39 Å². The Bertz CT molecular complexity index is 2400. The maximum Gasteiger partial charge on any atom is 0.254 e. The molecule has 3 aliphatic rings. The molecule has 2 aliphatic heterocycles. The molecule has 0 spiro atoms. The number of Topliss-reactive ketones (excluding diaryl/α,β-unsaturated/α-hetero) is 1. The number of likely N-dealkylation sites (N-methyl/N-ethyl adjacent to an activating group) is 1. The van der Waals surface area contributed by atoms with Crippen LogP contribution in [0.1, 0.15) is 80.1 Å². The second kappa shape index (κ2) is 22.7. The Kier molecular flexibility index (Phi) is 16.4. The van der Waals surface area contributed by atoms with Crippen molar-refractivity contribution < 1.29 is 42.2 Å². The van der Waals surface area contributed by atoms with E-state index in [-0.39, 0.29) is 53.8 Å². The molecule has 1 saturated carbocycles. The van der Waals surface area contributed by atoms with Gasteiger partial charge in [0.25, 0.3) is 11.8 Å². The molecule has 3 fully saturated rings. The number of thiophene rings is 1. The van der Waals surface area contributed by atoms with E-state index in [1.54, 1.807) is 54.6 Å². The Morgan fingerprint density at radius 2 is 1.65 bits per heavy atom. The lowest BCUT2D eigenvalue weighted by Gasteiger charge is -2.39. The zero-order valence-corrected chi connectivity index (χ0v) is 39.3. The number of amides is 2. The number of pyridine rings is 1. The van der Waals surface area contributed by atoms with Gasteiger partial charge >= 0.3 is 0 Å². The Balaban J connectivity index is 0.715. The molecule has 1 aromatic carbocycles. The summed E-state index contributed by atoms with van der Waals surface area (Å²) in [4.78, 5) is 50.8. The third-order valence-corrected chi connectivity index (χ3v) is 14.5. The monoisotopic (exact) mass is 929 g/mol. The normalized spacial score (nSPS) is 17.7. The standard InChI is InChI=1S/C49H64FN7O8S/c1-33(51-3)43(58)31-39(35-7-5-4-6-8-35)49(60)56-20-18-55(19-21-56)48(59)36-9-10-42-40(29-36)46(50)34(2)57(42)22-23-61-24-25-62-26-27-63-45-30-38(65-53-45)32-54-16-12-37(13-17-54)64-44-11-15-52-41-14-28-66-47(41)44/h9-11,14-15,28-30,33,35,37,39,51H,4-8,12-13,16-27,31-32H2,1-3H3/t33-,39?/m0/s1. The van der Waals surface area contributed by atoms with Crippen molar-refractivity contribution in [3.8, 4) is 11.6 Å². The lowest BCUT2D eigenvalue weighted by molar-refractivity contribution is -0.142. The van der Waals surface area contributed by atoms with E-state index in [4.69, 9.17) is 23.5 Å². The SMILES string of the molecule is CN[C@@H](C)C(=O)CC(C(=O)N1CCN(C(=O)c2ccc3c(c2)c(F)c(C)n3CCOCCOCCOc2cc(CN3CCC(Oc4ccnc5ccsc45)CC3)on2)CC1)C1CCCCC1. The fourth-order valence-electron chi connectivity index (χ4n) is 9.60. The molecule has 66 heavy (non-hydrogen) atoms. The van der Waals surface area contributed by atoms with Gasteiger partial charge in [-0.2, -0.15) is 0 Å². The molecule has 1 unspecified atom stereocenters. The Morgan fingerprint density at radius 3 is 2.42 bits per heavy atom. The summed E-state index contributed by atoms with van der Waals surface area (Å²) in [5.41, 5.74) is 2.55. The Morgan fingerprint density at radius 1 is 0.909 bits per heavy atom. The molecule has 17 heteroatoms. The minimum absolute atomic E-state index is 0.0258. The van der Waals surface area contributed by atoms with Gasteiger partial charge in [0.15, 0.2) is 11.6 Å². The van der Waals surface area contributed by atoms with Crippen molar-refractivity contribution in [2.24, 2.45) is 11.8 Å². The second-order valence-electron chi connectivity index (χ2n) is 17.8. The van der Waals surface area contributed by atoms with Crippen molar-refractivity contribution in [2.45, 2.75) is 90.4 Å². The van der Waals surface area contributed by atoms with Gasteiger partial charge in [0.2, 0.25) is 5.91 Å². The molecule has 15 nitrogen and oxygen atoms in total. The van der Waals surface area contributed by atoms with Gasteiger partial charge in [-0.1, -0.05) is 19.3 Å². The number of hydrogen-bond acceptors (Lipinski definition) is 13. The predicted octanol–water partition coefficient (Wildman–Crippen LogP) is 6.89. The van der Waals surface area contributed by atoms with Crippen LogP contribution in [-0.4, -0.2) is 139 Å². The number of halogens is 1. The van der Waals surface area contributed by atoms with Gasteiger partial charge in [-0.25, -0.2) is 4.39 Å². The highest BCUT2D eigenvalue weighted by Crippen LogP contribution is 2.35. The topological polar surface area (TPSA) is 154 Å². The molecule has 356 valence electrons. The van der Waals surface area contributed by atoms with E-state index in [2.05, 4.69) is 20.4 Å². The van der Waals surface area contributed by atoms with Gasteiger partial charge in [-0.15, -0.1) is 11.3 Å². The van der Waals surface area contributed by atoms with Crippen LogP contribution in [0.2, 0.25) is 0 Å². The average molecular weight is 930 g/mol. The first kappa shape index (κ1) is 47.5. The molecule has 1 aliphatic carbocycles. The van der Waals surface area contributed by atoms with Crippen molar-refractivity contribution in [3.63, 3.8) is 0 Å². The molecule has 2 atom stereocenters. The van der Waals surface area contributed by atoms with Crippen LogP contribution in [0.15, 0.2) is 52.5 Å². The number of hydrogen-bond donors (Lipinski definition) is 1. The van der Waals surface area contributed by atoms with Gasteiger partial charge < -0.3 is 43.2 Å². The first-order chi connectivity index (χ1) is 32.2. The Hall–Kier alpha value is -4.94. The number of fused-ring (bicyclic) bond motifs is 2. The van der Waals surface area contributed by atoms with Gasteiger partial charge in [-0.05, 0) is 93.4 Å². The largest absolute Gasteiger partial charge is 0.489 e. The molecular formula is C49H64FN7O8S. The van der Waals surface area contributed by atoms with Crippen molar-refractivity contribution in [2.75, 3.05) is 79.4 Å². The molecule has 8 rings (SSSR count). The van der Waals surface area contributed by atoms with Crippen molar-refractivity contribution in [3.05, 3.63) is 70.8 Å². The quantitative estimate of drug-likeness (QED) is 0.0763. The number of aromatic nitrogens is 3. The van der Waals surface area contributed by atoms with Gasteiger partial charge in [0.1, 0.15) is 24.2 Å². The highest BCUT2D eigenvalue weighted by atomic mass is 32.1. The minimum Gasteiger partial charge on any atom is -0.489 e. The third kappa shape index (κ3) is 11.6. The number of benzene rings is 1. The molecule has 5 aromatic rings. The van der Waals surface area contributed by atoms with Crippen LogP contribution in [0, 0.1) is 24.6 Å². The van der Waals surface area contributed by atoms with E-state index in [9.17, 15) is 14.4 Å². The summed E-state index contributed by atoms with van der Waals surface area (Å²) in [7, 11) is 1.76. The fraction of sp³-hybridized carbons (Fsp3) is 0.571. The summed E-state index contributed by atoms with van der Waals surface area (Å²) in [5, 5.41) is 9.51. The van der Waals surface area contributed by atoms with Gasteiger partial charge in [0.05, 0.1) is 60.4 Å². The first-order valence-corrected chi connectivity index (χ1v) is 24.6. The van der Waals surface area contributed by atoms with E-state index in [1.165, 1.54) is 6.42 Å².